The Kier molecular flexibility index (Phi) is 6.82. The van der Waals surface area contributed by atoms with E-state index in [1.165, 1.54) is 0 Å². The van der Waals surface area contributed by atoms with Gasteiger partial charge in [0.15, 0.2) is 0 Å². The highest BCUT2D eigenvalue weighted by Crippen LogP contribution is 2.40. The minimum Gasteiger partial charge on any atom is -0.475 e. The maximum absolute atomic E-state index is 13.3. The van der Waals surface area contributed by atoms with Crippen molar-refractivity contribution < 1.29 is 19.1 Å². The smallest absolute Gasteiger partial charge is 0.254 e. The van der Waals surface area contributed by atoms with Crippen molar-refractivity contribution in [3.8, 4) is 5.88 Å². The quantitative estimate of drug-likeness (QED) is 0.689. The van der Waals surface area contributed by atoms with Crippen LogP contribution in [0.2, 0.25) is 0 Å². The third kappa shape index (κ3) is 4.88. The first-order chi connectivity index (χ1) is 15.2. The summed E-state index contributed by atoms with van der Waals surface area (Å²) in [5, 5.41) is 2.95. The molecule has 1 aliphatic carbocycles. The predicted molar refractivity (Wildman–Crippen MR) is 117 cm³/mol. The number of fused-ring (bicyclic) bond motifs is 1. The Morgan fingerprint density at radius 3 is 2.65 bits per heavy atom. The first-order valence-electron chi connectivity index (χ1n) is 10.9. The first kappa shape index (κ1) is 21.3. The molecule has 0 radical (unpaired) electrons. The van der Waals surface area contributed by atoms with Crippen LogP contribution in [-0.4, -0.2) is 54.1 Å². The number of nitrogens with one attached hydrogen (secondary N) is 1. The number of anilines is 1. The maximum Gasteiger partial charge on any atom is 0.254 e. The number of methoxy groups -OCH3 is 1. The minimum absolute atomic E-state index is 0.0600. The van der Waals surface area contributed by atoms with Crippen molar-refractivity contribution in [3.63, 3.8) is 0 Å². The number of nitrogens with zero attached hydrogens (tertiary/aromatic N) is 2. The number of amides is 2. The number of carbonyl (C=O) groups excluding carboxylic acids is 2. The van der Waals surface area contributed by atoms with Crippen LogP contribution >= 0.6 is 0 Å². The van der Waals surface area contributed by atoms with Crippen LogP contribution in [0.4, 0.5) is 5.69 Å². The molecule has 1 saturated heterocycles. The molecule has 0 spiro atoms. The Hall–Kier alpha value is -2.93. The van der Waals surface area contributed by atoms with Gasteiger partial charge in [-0.05, 0) is 43.4 Å². The van der Waals surface area contributed by atoms with Crippen molar-refractivity contribution in [2.24, 2.45) is 5.92 Å². The van der Waals surface area contributed by atoms with E-state index in [2.05, 4.69) is 10.3 Å². The van der Waals surface area contributed by atoms with E-state index in [9.17, 15) is 9.59 Å². The molecule has 1 saturated carbocycles. The summed E-state index contributed by atoms with van der Waals surface area (Å²) >= 11 is 0. The van der Waals surface area contributed by atoms with Crippen molar-refractivity contribution in [1.29, 1.82) is 0 Å². The molecular weight excluding hydrogens is 394 g/mol. The van der Waals surface area contributed by atoms with E-state index in [1.807, 2.05) is 35.2 Å². The minimum atomic E-state index is -0.474. The Morgan fingerprint density at radius 1 is 1.10 bits per heavy atom. The molecule has 31 heavy (non-hydrogen) atoms. The number of carbonyl (C=O) groups is 2. The van der Waals surface area contributed by atoms with Crippen LogP contribution in [0.3, 0.4) is 0 Å². The van der Waals surface area contributed by atoms with Crippen LogP contribution in [0.1, 0.15) is 42.5 Å². The fourth-order valence-corrected chi connectivity index (χ4v) is 4.71. The van der Waals surface area contributed by atoms with Crippen LogP contribution in [0.25, 0.3) is 0 Å². The zero-order chi connectivity index (χ0) is 21.6. The van der Waals surface area contributed by atoms with Gasteiger partial charge in [0.05, 0.1) is 18.5 Å². The SMILES string of the molecule is COCCOc1ccc(NC(=O)C2CC3CCCCC3N2C(=O)c2ccccc2)cn1. The third-order valence-corrected chi connectivity index (χ3v) is 6.19. The molecule has 0 bridgehead atoms. The van der Waals surface area contributed by atoms with E-state index in [4.69, 9.17) is 9.47 Å². The highest BCUT2D eigenvalue weighted by atomic mass is 16.5. The molecule has 3 atom stereocenters. The van der Waals surface area contributed by atoms with E-state index in [0.29, 0.717) is 42.7 Å². The Morgan fingerprint density at radius 2 is 1.90 bits per heavy atom. The average molecular weight is 424 g/mol. The molecule has 3 unspecified atom stereocenters. The lowest BCUT2D eigenvalue weighted by Crippen LogP contribution is -2.47. The number of rotatable bonds is 7. The van der Waals surface area contributed by atoms with Crippen molar-refractivity contribution >= 4 is 17.5 Å². The second-order valence-electron chi connectivity index (χ2n) is 8.16. The second kappa shape index (κ2) is 9.92. The van der Waals surface area contributed by atoms with Gasteiger partial charge in [-0.25, -0.2) is 4.98 Å². The van der Waals surface area contributed by atoms with Crippen molar-refractivity contribution in [2.45, 2.75) is 44.2 Å². The van der Waals surface area contributed by atoms with E-state index >= 15 is 0 Å². The highest BCUT2D eigenvalue weighted by molar-refractivity contribution is 6.01. The molecule has 1 aromatic carbocycles. The lowest BCUT2D eigenvalue weighted by molar-refractivity contribution is -0.120. The molecule has 2 amide bonds. The molecular formula is C24H29N3O4. The summed E-state index contributed by atoms with van der Waals surface area (Å²) in [4.78, 5) is 32.6. The third-order valence-electron chi connectivity index (χ3n) is 6.19. The summed E-state index contributed by atoms with van der Waals surface area (Å²) in [5.74, 6) is 0.637. The number of pyridine rings is 1. The highest BCUT2D eigenvalue weighted by Gasteiger charge is 2.47. The summed E-state index contributed by atoms with van der Waals surface area (Å²) < 4.78 is 10.4. The van der Waals surface area contributed by atoms with E-state index in [1.54, 1.807) is 25.4 Å². The molecule has 2 aliphatic rings. The first-order valence-corrected chi connectivity index (χ1v) is 10.9. The van der Waals surface area contributed by atoms with Gasteiger partial charge in [0.2, 0.25) is 11.8 Å². The second-order valence-corrected chi connectivity index (χ2v) is 8.16. The fourth-order valence-electron chi connectivity index (χ4n) is 4.71. The van der Waals surface area contributed by atoms with E-state index in [0.717, 1.165) is 25.7 Å². The topological polar surface area (TPSA) is 80.8 Å². The van der Waals surface area contributed by atoms with E-state index in [-0.39, 0.29) is 17.9 Å². The predicted octanol–water partition coefficient (Wildman–Crippen LogP) is 3.52. The van der Waals surface area contributed by atoms with Gasteiger partial charge in [-0.3, -0.25) is 9.59 Å². The summed E-state index contributed by atoms with van der Waals surface area (Å²) in [6.07, 6.45) is 6.58. The average Bonchev–Trinajstić information content (AvgIpc) is 3.20. The van der Waals surface area contributed by atoms with Gasteiger partial charge in [-0.15, -0.1) is 0 Å². The molecule has 2 heterocycles. The normalized spacial score (nSPS) is 22.6. The standard InChI is InChI=1S/C24H29N3O4/c1-30-13-14-31-22-12-11-19(16-25-22)26-23(28)21-15-18-9-5-6-10-20(18)27(21)24(29)17-7-3-2-4-8-17/h2-4,7-8,11-12,16,18,20-21H,5-6,9-10,13-15H2,1H3,(H,26,28). The van der Waals surface area contributed by atoms with Gasteiger partial charge < -0.3 is 19.7 Å². The molecule has 164 valence electrons. The maximum atomic E-state index is 13.3. The zero-order valence-electron chi connectivity index (χ0n) is 17.8. The van der Waals surface area contributed by atoms with Gasteiger partial charge in [0, 0.05) is 24.8 Å². The molecule has 2 fully saturated rings. The van der Waals surface area contributed by atoms with E-state index < -0.39 is 6.04 Å². The molecule has 2 aromatic rings. The fraction of sp³-hybridized carbons (Fsp3) is 0.458. The Bertz CT molecular complexity index is 887. The summed E-state index contributed by atoms with van der Waals surface area (Å²) in [6, 6.07) is 12.4. The molecule has 4 rings (SSSR count). The number of ether oxygens (including phenoxy) is 2. The van der Waals surface area contributed by atoms with Crippen LogP contribution < -0.4 is 10.1 Å². The number of hydrogen-bond donors (Lipinski definition) is 1. The number of benzene rings is 1. The summed E-state index contributed by atoms with van der Waals surface area (Å²) in [7, 11) is 1.61. The molecule has 1 N–H and O–H groups in total. The van der Waals surface area contributed by atoms with Crippen molar-refractivity contribution in [3.05, 3.63) is 54.2 Å². The van der Waals surface area contributed by atoms with Gasteiger partial charge in [0.25, 0.3) is 5.91 Å². The molecule has 1 aliphatic heterocycles. The van der Waals surface area contributed by atoms with Crippen LogP contribution in [-0.2, 0) is 9.53 Å². The van der Waals surface area contributed by atoms with Crippen molar-refractivity contribution in [2.75, 3.05) is 25.6 Å². The lowest BCUT2D eigenvalue weighted by Gasteiger charge is -2.33. The zero-order valence-corrected chi connectivity index (χ0v) is 17.8. The molecule has 1 aromatic heterocycles. The van der Waals surface area contributed by atoms with Gasteiger partial charge in [-0.2, -0.15) is 0 Å². The summed E-state index contributed by atoms with van der Waals surface area (Å²) in [5.41, 5.74) is 1.22. The van der Waals surface area contributed by atoms with Crippen molar-refractivity contribution in [1.82, 2.24) is 9.88 Å². The molecule has 7 heteroatoms. The Labute approximate surface area is 182 Å². The molecule has 7 nitrogen and oxygen atoms in total. The summed E-state index contributed by atoms with van der Waals surface area (Å²) in [6.45, 7) is 0.895. The van der Waals surface area contributed by atoms with Gasteiger partial charge in [0.1, 0.15) is 12.6 Å². The van der Waals surface area contributed by atoms with Crippen LogP contribution in [0, 0.1) is 5.92 Å². The monoisotopic (exact) mass is 423 g/mol. The van der Waals surface area contributed by atoms with Crippen LogP contribution in [0.15, 0.2) is 48.7 Å². The van der Waals surface area contributed by atoms with Crippen LogP contribution in [0.5, 0.6) is 5.88 Å². The number of hydrogen-bond acceptors (Lipinski definition) is 5. The lowest BCUT2D eigenvalue weighted by atomic mass is 9.84. The van der Waals surface area contributed by atoms with Gasteiger partial charge in [-0.1, -0.05) is 31.0 Å². The number of likely N-dealkylation sites (tertiary alicyclic amines) is 1. The Balaban J connectivity index is 1.48. The largest absolute Gasteiger partial charge is 0.475 e. The number of aromatic nitrogens is 1. The van der Waals surface area contributed by atoms with Gasteiger partial charge >= 0.3 is 0 Å².